The summed E-state index contributed by atoms with van der Waals surface area (Å²) >= 11 is 1.32. The van der Waals surface area contributed by atoms with Crippen LogP contribution in [0.3, 0.4) is 0 Å². The molecule has 0 amide bonds. The third-order valence-corrected chi connectivity index (χ3v) is 3.73. The summed E-state index contributed by atoms with van der Waals surface area (Å²) in [6, 6.07) is 0.439. The van der Waals surface area contributed by atoms with Gasteiger partial charge < -0.3 is 5.32 Å². The normalized spacial score (nSPS) is 20.3. The summed E-state index contributed by atoms with van der Waals surface area (Å²) < 4.78 is 8.49. The topological polar surface area (TPSA) is 37.8 Å². The summed E-state index contributed by atoms with van der Waals surface area (Å²) in [5.41, 5.74) is 1.15. The standard InChI is InChI=1S/C11H19N3S/c1-2-12-11(10-8-13-15-14-10)9-6-4-3-5-7-9/h8-9,11-12H,2-7H2,1H3. The number of hydrogen-bond donors (Lipinski definition) is 1. The van der Waals surface area contributed by atoms with E-state index in [1.165, 1.54) is 43.8 Å². The average molecular weight is 225 g/mol. The van der Waals surface area contributed by atoms with E-state index < -0.39 is 0 Å². The molecule has 1 unspecified atom stereocenters. The number of nitrogens with one attached hydrogen (secondary N) is 1. The molecule has 1 fully saturated rings. The van der Waals surface area contributed by atoms with Crippen molar-refractivity contribution in [2.24, 2.45) is 5.92 Å². The van der Waals surface area contributed by atoms with Gasteiger partial charge in [-0.15, -0.1) is 0 Å². The van der Waals surface area contributed by atoms with Crippen molar-refractivity contribution in [1.29, 1.82) is 0 Å². The zero-order chi connectivity index (χ0) is 10.5. The molecule has 3 nitrogen and oxygen atoms in total. The zero-order valence-corrected chi connectivity index (χ0v) is 10.1. The van der Waals surface area contributed by atoms with Gasteiger partial charge in [-0.25, -0.2) is 0 Å². The van der Waals surface area contributed by atoms with E-state index in [0.717, 1.165) is 18.2 Å². The van der Waals surface area contributed by atoms with Crippen LogP contribution in [0.25, 0.3) is 0 Å². The van der Waals surface area contributed by atoms with E-state index >= 15 is 0 Å². The quantitative estimate of drug-likeness (QED) is 0.856. The molecule has 1 aromatic heterocycles. The van der Waals surface area contributed by atoms with Gasteiger partial charge in [0.25, 0.3) is 0 Å². The third kappa shape index (κ3) is 2.75. The minimum atomic E-state index is 0.439. The fourth-order valence-electron chi connectivity index (χ4n) is 2.51. The van der Waals surface area contributed by atoms with Crippen LogP contribution in [-0.4, -0.2) is 15.3 Å². The van der Waals surface area contributed by atoms with Gasteiger partial charge in [0.2, 0.25) is 0 Å². The molecule has 1 N–H and O–H groups in total. The van der Waals surface area contributed by atoms with Gasteiger partial charge in [0, 0.05) is 0 Å². The lowest BCUT2D eigenvalue weighted by molar-refractivity contribution is 0.271. The predicted octanol–water partition coefficient (Wildman–Crippen LogP) is 2.77. The van der Waals surface area contributed by atoms with Crippen LogP contribution < -0.4 is 5.32 Å². The predicted molar refractivity (Wildman–Crippen MR) is 62.9 cm³/mol. The molecule has 1 aliphatic carbocycles. The Morgan fingerprint density at radius 3 is 2.87 bits per heavy atom. The van der Waals surface area contributed by atoms with Gasteiger partial charge in [0.05, 0.1) is 29.7 Å². The highest BCUT2D eigenvalue weighted by Gasteiger charge is 2.25. The van der Waals surface area contributed by atoms with Gasteiger partial charge in [-0.2, -0.15) is 8.75 Å². The van der Waals surface area contributed by atoms with Gasteiger partial charge in [0.15, 0.2) is 0 Å². The maximum atomic E-state index is 4.38. The Hall–Kier alpha value is -0.480. The molecule has 1 saturated carbocycles. The third-order valence-electron chi connectivity index (χ3n) is 3.24. The highest BCUT2D eigenvalue weighted by Crippen LogP contribution is 2.33. The zero-order valence-electron chi connectivity index (χ0n) is 9.28. The van der Waals surface area contributed by atoms with Gasteiger partial charge in [-0.1, -0.05) is 26.2 Å². The maximum absolute atomic E-state index is 4.38. The summed E-state index contributed by atoms with van der Waals surface area (Å²) in [5.74, 6) is 0.766. The van der Waals surface area contributed by atoms with Crippen molar-refractivity contribution in [2.75, 3.05) is 6.54 Å². The Labute approximate surface area is 95.6 Å². The Balaban J connectivity index is 2.04. The largest absolute Gasteiger partial charge is 0.309 e. The molecule has 0 aromatic carbocycles. The van der Waals surface area contributed by atoms with Crippen molar-refractivity contribution in [3.63, 3.8) is 0 Å². The Kier molecular flexibility index (Phi) is 4.09. The van der Waals surface area contributed by atoms with E-state index in [1.54, 1.807) is 0 Å². The molecule has 1 heterocycles. The second-order valence-electron chi connectivity index (χ2n) is 4.27. The van der Waals surface area contributed by atoms with Gasteiger partial charge >= 0.3 is 0 Å². The number of aromatic nitrogens is 2. The molecule has 0 aliphatic heterocycles. The molecule has 2 rings (SSSR count). The maximum Gasteiger partial charge on any atom is 0.0915 e. The van der Waals surface area contributed by atoms with Crippen molar-refractivity contribution in [3.05, 3.63) is 11.9 Å². The summed E-state index contributed by atoms with van der Waals surface area (Å²) in [4.78, 5) is 0. The molecule has 0 bridgehead atoms. The van der Waals surface area contributed by atoms with Crippen LogP contribution in [0, 0.1) is 5.92 Å². The molecule has 1 aliphatic rings. The fraction of sp³-hybridized carbons (Fsp3) is 0.818. The second-order valence-corrected chi connectivity index (χ2v) is 4.82. The number of rotatable bonds is 4. The average Bonchev–Trinajstić information content (AvgIpc) is 2.80. The molecule has 1 aromatic rings. The molecule has 1 atom stereocenters. The van der Waals surface area contributed by atoms with Crippen molar-refractivity contribution in [1.82, 2.24) is 14.1 Å². The number of hydrogen-bond acceptors (Lipinski definition) is 4. The van der Waals surface area contributed by atoms with Crippen LogP contribution in [-0.2, 0) is 0 Å². The lowest BCUT2D eigenvalue weighted by Crippen LogP contribution is -2.29. The van der Waals surface area contributed by atoms with Crippen LogP contribution in [0.4, 0.5) is 0 Å². The fourth-order valence-corrected chi connectivity index (χ4v) is 2.97. The van der Waals surface area contributed by atoms with Crippen molar-refractivity contribution in [2.45, 2.75) is 45.1 Å². The first-order valence-electron chi connectivity index (χ1n) is 5.92. The Bertz CT molecular complexity index is 267. The van der Waals surface area contributed by atoms with E-state index in [2.05, 4.69) is 21.0 Å². The summed E-state index contributed by atoms with van der Waals surface area (Å²) in [7, 11) is 0. The lowest BCUT2D eigenvalue weighted by Gasteiger charge is -2.29. The molecular weight excluding hydrogens is 206 g/mol. The van der Waals surface area contributed by atoms with E-state index in [4.69, 9.17) is 0 Å². The summed E-state index contributed by atoms with van der Waals surface area (Å²) in [6.07, 6.45) is 8.77. The van der Waals surface area contributed by atoms with Crippen molar-refractivity contribution in [3.8, 4) is 0 Å². The first-order valence-corrected chi connectivity index (χ1v) is 6.65. The van der Waals surface area contributed by atoms with Gasteiger partial charge in [-0.3, -0.25) is 0 Å². The molecule has 0 saturated heterocycles. The van der Waals surface area contributed by atoms with Crippen LogP contribution in [0.5, 0.6) is 0 Å². The SMILES string of the molecule is CCNC(c1cnsn1)C1CCCCC1. The molecule has 0 spiro atoms. The number of nitrogens with zero attached hydrogens (tertiary/aromatic N) is 2. The van der Waals surface area contributed by atoms with Gasteiger partial charge in [-0.05, 0) is 25.3 Å². The summed E-state index contributed by atoms with van der Waals surface area (Å²) in [6.45, 7) is 3.17. The lowest BCUT2D eigenvalue weighted by atomic mass is 9.83. The highest BCUT2D eigenvalue weighted by molar-refractivity contribution is 6.99. The minimum absolute atomic E-state index is 0.439. The Morgan fingerprint density at radius 2 is 2.27 bits per heavy atom. The first-order chi connectivity index (χ1) is 7.42. The summed E-state index contributed by atoms with van der Waals surface area (Å²) in [5, 5.41) is 3.56. The van der Waals surface area contributed by atoms with E-state index in [1.807, 2.05) is 6.20 Å². The van der Waals surface area contributed by atoms with Crippen LogP contribution in [0.1, 0.15) is 50.8 Å². The van der Waals surface area contributed by atoms with Crippen LogP contribution in [0.15, 0.2) is 6.20 Å². The molecule has 4 heteroatoms. The molecule has 0 radical (unpaired) electrons. The molecule has 15 heavy (non-hydrogen) atoms. The Morgan fingerprint density at radius 1 is 1.47 bits per heavy atom. The van der Waals surface area contributed by atoms with Crippen LogP contribution >= 0.6 is 11.7 Å². The monoisotopic (exact) mass is 225 g/mol. The van der Waals surface area contributed by atoms with Crippen molar-refractivity contribution >= 4 is 11.7 Å². The first kappa shape index (κ1) is 11.0. The van der Waals surface area contributed by atoms with E-state index in [9.17, 15) is 0 Å². The smallest absolute Gasteiger partial charge is 0.0915 e. The van der Waals surface area contributed by atoms with E-state index in [0.29, 0.717) is 6.04 Å². The second kappa shape index (κ2) is 5.56. The molecular formula is C11H19N3S. The van der Waals surface area contributed by atoms with Crippen LogP contribution in [0.2, 0.25) is 0 Å². The highest BCUT2D eigenvalue weighted by atomic mass is 32.1. The van der Waals surface area contributed by atoms with E-state index in [-0.39, 0.29) is 0 Å². The minimum Gasteiger partial charge on any atom is -0.309 e. The van der Waals surface area contributed by atoms with Crippen molar-refractivity contribution < 1.29 is 0 Å². The van der Waals surface area contributed by atoms with Gasteiger partial charge in [0.1, 0.15) is 0 Å². The molecule has 84 valence electrons.